The maximum absolute atomic E-state index is 5.78. The highest BCUT2D eigenvalue weighted by molar-refractivity contribution is 5.16. The van der Waals surface area contributed by atoms with Gasteiger partial charge in [-0.05, 0) is 37.6 Å². The number of ether oxygens (including phenoxy) is 1. The Morgan fingerprint density at radius 2 is 2.06 bits per heavy atom. The number of rotatable bonds is 5. The fourth-order valence-corrected chi connectivity index (χ4v) is 2.79. The topological polar surface area (TPSA) is 21.3 Å². The van der Waals surface area contributed by atoms with Gasteiger partial charge in [-0.25, -0.2) is 0 Å². The Hall–Kier alpha value is -0.340. The van der Waals surface area contributed by atoms with E-state index in [0.29, 0.717) is 6.04 Å². The molecule has 1 rings (SSSR count). The minimum atomic E-state index is 0.167. The van der Waals surface area contributed by atoms with Gasteiger partial charge in [0, 0.05) is 7.11 Å². The second kappa shape index (κ2) is 6.55. The van der Waals surface area contributed by atoms with E-state index in [4.69, 9.17) is 4.74 Å². The van der Waals surface area contributed by atoms with E-state index >= 15 is 0 Å². The van der Waals surface area contributed by atoms with Gasteiger partial charge in [0.25, 0.3) is 0 Å². The van der Waals surface area contributed by atoms with Crippen LogP contribution >= 0.6 is 0 Å². The number of hydrogen-bond donors (Lipinski definition) is 1. The van der Waals surface area contributed by atoms with Gasteiger partial charge in [0.15, 0.2) is 0 Å². The van der Waals surface area contributed by atoms with Gasteiger partial charge in [0.05, 0.1) is 12.1 Å². The lowest BCUT2D eigenvalue weighted by molar-refractivity contribution is -0.00303. The van der Waals surface area contributed by atoms with Crippen molar-refractivity contribution < 1.29 is 4.74 Å². The molecule has 100 valence electrons. The first-order valence-corrected chi connectivity index (χ1v) is 6.95. The zero-order valence-electron chi connectivity index (χ0n) is 12.2. The van der Waals surface area contributed by atoms with Gasteiger partial charge in [0.1, 0.15) is 0 Å². The first-order chi connectivity index (χ1) is 8.00. The lowest BCUT2D eigenvalue weighted by Gasteiger charge is -2.38. The Morgan fingerprint density at radius 3 is 2.47 bits per heavy atom. The minimum absolute atomic E-state index is 0.167. The molecule has 1 N–H and O–H groups in total. The van der Waals surface area contributed by atoms with E-state index in [1.807, 2.05) is 7.11 Å². The van der Waals surface area contributed by atoms with E-state index in [1.54, 1.807) is 5.57 Å². The van der Waals surface area contributed by atoms with Crippen molar-refractivity contribution in [1.29, 1.82) is 0 Å². The summed E-state index contributed by atoms with van der Waals surface area (Å²) in [6.45, 7) is 9.95. The quantitative estimate of drug-likeness (QED) is 0.741. The number of likely N-dealkylation sites (N-methyl/N-ethyl adjacent to an activating group) is 1. The lowest BCUT2D eigenvalue weighted by Crippen LogP contribution is -2.49. The first kappa shape index (κ1) is 14.7. The van der Waals surface area contributed by atoms with Gasteiger partial charge in [-0.2, -0.15) is 0 Å². The molecule has 1 aliphatic rings. The highest BCUT2D eigenvalue weighted by Gasteiger charge is 2.34. The average molecular weight is 239 g/mol. The van der Waals surface area contributed by atoms with Gasteiger partial charge < -0.3 is 10.1 Å². The molecule has 0 aromatic heterocycles. The van der Waals surface area contributed by atoms with Crippen LogP contribution in [0.1, 0.15) is 53.4 Å². The lowest BCUT2D eigenvalue weighted by atomic mass is 9.79. The molecule has 0 fully saturated rings. The molecule has 0 aromatic carbocycles. The van der Waals surface area contributed by atoms with Crippen molar-refractivity contribution in [2.24, 2.45) is 5.41 Å². The molecule has 0 heterocycles. The van der Waals surface area contributed by atoms with Crippen molar-refractivity contribution in [3.63, 3.8) is 0 Å². The molecule has 1 aliphatic carbocycles. The molecule has 0 aliphatic heterocycles. The summed E-state index contributed by atoms with van der Waals surface area (Å²) in [6, 6.07) is 0.380. The maximum Gasteiger partial charge on any atom is 0.0810 e. The number of hydrogen-bond acceptors (Lipinski definition) is 2. The summed E-state index contributed by atoms with van der Waals surface area (Å²) >= 11 is 0. The Balaban J connectivity index is 2.85. The van der Waals surface area contributed by atoms with Gasteiger partial charge in [0.2, 0.25) is 0 Å². The predicted molar refractivity (Wildman–Crippen MR) is 74.3 cm³/mol. The van der Waals surface area contributed by atoms with Crippen molar-refractivity contribution in [1.82, 2.24) is 5.32 Å². The molecule has 0 spiro atoms. The minimum Gasteiger partial charge on any atom is -0.379 e. The summed E-state index contributed by atoms with van der Waals surface area (Å²) in [5, 5.41) is 3.62. The van der Waals surface area contributed by atoms with Gasteiger partial charge in [-0.1, -0.05) is 39.3 Å². The molecular weight excluding hydrogens is 210 g/mol. The zero-order chi connectivity index (χ0) is 12.9. The Morgan fingerprint density at radius 1 is 1.35 bits per heavy atom. The van der Waals surface area contributed by atoms with Crippen LogP contribution in [0.5, 0.6) is 0 Å². The highest BCUT2D eigenvalue weighted by atomic mass is 16.5. The summed E-state index contributed by atoms with van der Waals surface area (Å²) in [4.78, 5) is 0. The SMILES string of the molecule is CCNC(C1=CCCCC1)C(OC)C(C)(C)C. The van der Waals surface area contributed by atoms with Crippen molar-refractivity contribution in [3.8, 4) is 0 Å². The molecule has 0 radical (unpaired) electrons. The maximum atomic E-state index is 5.78. The van der Waals surface area contributed by atoms with Gasteiger partial charge >= 0.3 is 0 Å². The van der Waals surface area contributed by atoms with Crippen molar-refractivity contribution in [2.75, 3.05) is 13.7 Å². The van der Waals surface area contributed by atoms with Crippen LogP contribution in [0.2, 0.25) is 0 Å². The van der Waals surface area contributed by atoms with E-state index in [2.05, 4.69) is 39.1 Å². The average Bonchev–Trinajstić information content (AvgIpc) is 2.28. The standard InChI is InChI=1S/C15H29NO/c1-6-16-13(12-10-8-7-9-11-12)14(17-5)15(2,3)4/h10,13-14,16H,6-9,11H2,1-5H3. The van der Waals surface area contributed by atoms with Crippen LogP contribution in [0, 0.1) is 5.41 Å². The van der Waals surface area contributed by atoms with Crippen LogP contribution in [-0.4, -0.2) is 25.8 Å². The Labute approximate surface area is 107 Å². The number of allylic oxidation sites excluding steroid dienone is 1. The second-order valence-corrected chi connectivity index (χ2v) is 6.08. The normalized spacial score (nSPS) is 20.9. The van der Waals surface area contributed by atoms with Crippen LogP contribution in [0.25, 0.3) is 0 Å². The van der Waals surface area contributed by atoms with E-state index in [1.165, 1.54) is 25.7 Å². The fraction of sp³-hybridized carbons (Fsp3) is 0.867. The van der Waals surface area contributed by atoms with E-state index < -0.39 is 0 Å². The molecule has 17 heavy (non-hydrogen) atoms. The third-order valence-electron chi connectivity index (χ3n) is 3.56. The fourth-order valence-electron chi connectivity index (χ4n) is 2.79. The summed E-state index contributed by atoms with van der Waals surface area (Å²) in [5.41, 5.74) is 1.72. The van der Waals surface area contributed by atoms with Crippen molar-refractivity contribution in [3.05, 3.63) is 11.6 Å². The number of nitrogens with one attached hydrogen (secondary N) is 1. The monoisotopic (exact) mass is 239 g/mol. The molecule has 2 atom stereocenters. The third kappa shape index (κ3) is 4.11. The summed E-state index contributed by atoms with van der Waals surface area (Å²) in [5.74, 6) is 0. The molecule has 0 bridgehead atoms. The zero-order valence-corrected chi connectivity index (χ0v) is 12.2. The van der Waals surface area contributed by atoms with Crippen LogP contribution in [0.3, 0.4) is 0 Å². The van der Waals surface area contributed by atoms with Crippen LogP contribution in [0.15, 0.2) is 11.6 Å². The molecule has 0 amide bonds. The molecule has 2 heteroatoms. The summed E-state index contributed by atoms with van der Waals surface area (Å²) in [7, 11) is 1.84. The molecule has 2 unspecified atom stereocenters. The van der Waals surface area contributed by atoms with Crippen molar-refractivity contribution in [2.45, 2.75) is 65.5 Å². The summed E-state index contributed by atoms with van der Waals surface area (Å²) < 4.78 is 5.78. The Bertz CT molecular complexity index is 252. The largest absolute Gasteiger partial charge is 0.379 e. The van der Waals surface area contributed by atoms with Crippen LogP contribution < -0.4 is 5.32 Å². The van der Waals surface area contributed by atoms with Crippen LogP contribution in [-0.2, 0) is 4.74 Å². The number of methoxy groups -OCH3 is 1. The molecule has 2 nitrogen and oxygen atoms in total. The van der Waals surface area contributed by atoms with Gasteiger partial charge in [-0.15, -0.1) is 0 Å². The van der Waals surface area contributed by atoms with E-state index in [9.17, 15) is 0 Å². The first-order valence-electron chi connectivity index (χ1n) is 6.95. The Kier molecular flexibility index (Phi) is 5.68. The highest BCUT2D eigenvalue weighted by Crippen LogP contribution is 2.31. The van der Waals surface area contributed by atoms with E-state index in [0.717, 1.165) is 6.54 Å². The van der Waals surface area contributed by atoms with Crippen LogP contribution in [0.4, 0.5) is 0 Å². The smallest absolute Gasteiger partial charge is 0.0810 e. The van der Waals surface area contributed by atoms with Gasteiger partial charge in [-0.3, -0.25) is 0 Å². The summed E-state index contributed by atoms with van der Waals surface area (Å²) in [6.07, 6.45) is 7.80. The molecule has 0 saturated carbocycles. The second-order valence-electron chi connectivity index (χ2n) is 6.08. The molecule has 0 saturated heterocycles. The molecular formula is C15H29NO. The van der Waals surface area contributed by atoms with E-state index in [-0.39, 0.29) is 11.5 Å². The molecule has 0 aromatic rings. The van der Waals surface area contributed by atoms with Crippen molar-refractivity contribution >= 4 is 0 Å². The predicted octanol–water partition coefficient (Wildman–Crippen LogP) is 3.53. The third-order valence-corrected chi connectivity index (χ3v) is 3.56.